The van der Waals surface area contributed by atoms with Crippen molar-refractivity contribution in [3.8, 4) is 0 Å². The van der Waals surface area contributed by atoms with Crippen LogP contribution in [-0.4, -0.2) is 86.5 Å². The van der Waals surface area contributed by atoms with E-state index < -0.39 is 38.7 Å². The van der Waals surface area contributed by atoms with Gasteiger partial charge in [-0.1, -0.05) is 144 Å². The molecule has 0 amide bonds. The van der Waals surface area contributed by atoms with Crippen LogP contribution in [0.3, 0.4) is 0 Å². The summed E-state index contributed by atoms with van der Waals surface area (Å²) >= 11 is 0. The van der Waals surface area contributed by atoms with Gasteiger partial charge in [-0.3, -0.25) is 9.36 Å². The standard InChI is InChI=1S/C48H82NO9P/c1-6-8-10-11-12-13-14-15-16-17-18-19-20-23-28-34-41-55-43-47(44-57-59(53,54)56-42-40-49(3,4)5)58-48(52)39-33-25-22-21-24-30-36-46(51)38-32-27-26-31-37-45(50)35-29-9-7-2/h9,13-14,22,24-27,29-32,34,37-38,41,45-47,50-51H,6-8,10-12,15-21,23,28,33,35-36,39-40,42-44H2,1-5H3/b14-13-,25-22-,27-26-,29-9-,30-24-,37-31+,38-32+,41-34+/t45-,46+,47+/m0/s1. The van der Waals surface area contributed by atoms with E-state index in [0.717, 1.165) is 25.7 Å². The summed E-state index contributed by atoms with van der Waals surface area (Å²) < 4.78 is 34.1. The number of esters is 1. The Morgan fingerprint density at radius 2 is 1.20 bits per heavy atom. The zero-order valence-electron chi connectivity index (χ0n) is 37.4. The number of carbonyl (C=O) groups excluding carboxylic acids is 1. The van der Waals surface area contributed by atoms with Crippen LogP contribution in [0, 0.1) is 0 Å². The molecule has 1 unspecified atom stereocenters. The number of rotatable bonds is 39. The van der Waals surface area contributed by atoms with E-state index in [9.17, 15) is 24.5 Å². The maximum absolute atomic E-state index is 12.6. The van der Waals surface area contributed by atoms with Crippen LogP contribution in [0.4, 0.5) is 0 Å². The second kappa shape index (κ2) is 39.3. The lowest BCUT2D eigenvalue weighted by atomic mass is 10.1. The number of allylic oxidation sites excluding steroid dienone is 11. The molecule has 0 heterocycles. The van der Waals surface area contributed by atoms with Crippen molar-refractivity contribution in [2.75, 3.05) is 47.5 Å². The van der Waals surface area contributed by atoms with E-state index in [1.54, 1.807) is 36.6 Å². The summed E-state index contributed by atoms with van der Waals surface area (Å²) in [6.45, 7) is 4.29. The molecule has 2 N–H and O–H groups in total. The lowest BCUT2D eigenvalue weighted by Crippen LogP contribution is -2.37. The SMILES string of the molecule is CC/C=C\C[C@H](O)/C=C/C=C\C=C\[C@H](O)C/C=C\C/C=C\CCC(=O)O[C@H](CO/C=C/CCCCCCCC/C=C\CCCCCC)COP(=O)([O-])OCC[N+](C)(C)C. The van der Waals surface area contributed by atoms with Gasteiger partial charge in [-0.2, -0.15) is 0 Å². The number of quaternary nitrogens is 1. The molecule has 0 saturated carbocycles. The zero-order chi connectivity index (χ0) is 43.7. The van der Waals surface area contributed by atoms with Gasteiger partial charge >= 0.3 is 5.97 Å². The van der Waals surface area contributed by atoms with Gasteiger partial charge in [0.2, 0.25) is 0 Å². The molecule has 10 nitrogen and oxygen atoms in total. The van der Waals surface area contributed by atoms with Crippen LogP contribution in [0.15, 0.2) is 97.4 Å². The average Bonchev–Trinajstić information content (AvgIpc) is 3.18. The van der Waals surface area contributed by atoms with E-state index >= 15 is 0 Å². The summed E-state index contributed by atoms with van der Waals surface area (Å²) in [7, 11) is 1.19. The Morgan fingerprint density at radius 3 is 1.80 bits per heavy atom. The van der Waals surface area contributed by atoms with Crippen molar-refractivity contribution in [3.05, 3.63) is 97.4 Å². The molecule has 338 valence electrons. The Kier molecular flexibility index (Phi) is 37.4. The molecular weight excluding hydrogens is 766 g/mol. The number of phosphoric acid groups is 1. The van der Waals surface area contributed by atoms with Gasteiger partial charge in [-0.25, -0.2) is 0 Å². The van der Waals surface area contributed by atoms with Gasteiger partial charge in [0.1, 0.15) is 19.8 Å². The molecule has 4 atom stereocenters. The van der Waals surface area contributed by atoms with Crippen LogP contribution in [-0.2, 0) is 27.9 Å². The summed E-state index contributed by atoms with van der Waals surface area (Å²) in [6, 6.07) is 0. The van der Waals surface area contributed by atoms with Crippen molar-refractivity contribution < 1.29 is 47.5 Å². The quantitative estimate of drug-likeness (QED) is 0.0118. The third-order valence-electron chi connectivity index (χ3n) is 8.86. The summed E-state index contributed by atoms with van der Waals surface area (Å²) in [6.07, 6.45) is 47.3. The Hall–Kier alpha value is -2.82. The predicted octanol–water partition coefficient (Wildman–Crippen LogP) is 10.7. The van der Waals surface area contributed by atoms with Crippen molar-refractivity contribution >= 4 is 13.8 Å². The maximum atomic E-state index is 12.6. The number of unbranched alkanes of at least 4 members (excludes halogenated alkanes) is 11. The number of nitrogens with zero attached hydrogens (tertiary/aromatic N) is 1. The molecule has 11 heteroatoms. The van der Waals surface area contributed by atoms with Gasteiger partial charge in [0.25, 0.3) is 7.82 Å². The smallest absolute Gasteiger partial charge is 0.306 e. The minimum absolute atomic E-state index is 0.0235. The number of aliphatic hydroxyl groups excluding tert-OH is 2. The van der Waals surface area contributed by atoms with Crippen molar-refractivity contribution in [1.82, 2.24) is 0 Å². The summed E-state index contributed by atoms with van der Waals surface area (Å²) in [5.74, 6) is -0.490. The van der Waals surface area contributed by atoms with E-state index in [2.05, 4.69) is 26.0 Å². The number of likely N-dealkylation sites (N-methyl/N-ethyl adjacent to an activating group) is 1. The van der Waals surface area contributed by atoms with E-state index in [0.29, 0.717) is 36.7 Å². The van der Waals surface area contributed by atoms with Gasteiger partial charge < -0.3 is 38.1 Å². The van der Waals surface area contributed by atoms with Gasteiger partial charge in [0, 0.05) is 6.42 Å². The van der Waals surface area contributed by atoms with Crippen LogP contribution in [0.2, 0.25) is 0 Å². The van der Waals surface area contributed by atoms with Crippen molar-refractivity contribution in [1.29, 1.82) is 0 Å². The number of aliphatic hydroxyl groups is 2. The largest absolute Gasteiger partial charge is 0.756 e. The Balaban J connectivity index is 4.57. The van der Waals surface area contributed by atoms with Crippen molar-refractivity contribution in [2.45, 2.75) is 154 Å². The molecule has 0 aliphatic rings. The second-order valence-corrected chi connectivity index (χ2v) is 17.2. The van der Waals surface area contributed by atoms with Crippen molar-refractivity contribution in [3.63, 3.8) is 0 Å². The topological polar surface area (TPSA) is 135 Å². The molecule has 0 rings (SSSR count). The second-order valence-electron chi connectivity index (χ2n) is 15.8. The molecule has 0 aliphatic heterocycles. The molecule has 59 heavy (non-hydrogen) atoms. The highest BCUT2D eigenvalue weighted by Crippen LogP contribution is 2.38. The Labute approximate surface area is 359 Å². The molecule has 0 radical (unpaired) electrons. The molecule has 0 bridgehead atoms. The first-order valence-electron chi connectivity index (χ1n) is 22.2. The Bertz CT molecular complexity index is 1300. The minimum Gasteiger partial charge on any atom is -0.756 e. The highest BCUT2D eigenvalue weighted by atomic mass is 31.2. The monoisotopic (exact) mass is 848 g/mol. The number of ether oxygens (including phenoxy) is 2. The van der Waals surface area contributed by atoms with E-state index in [1.165, 1.54) is 64.2 Å². The van der Waals surface area contributed by atoms with Crippen LogP contribution in [0.5, 0.6) is 0 Å². The average molecular weight is 848 g/mol. The van der Waals surface area contributed by atoms with Gasteiger partial charge in [-0.05, 0) is 76.7 Å². The van der Waals surface area contributed by atoms with Gasteiger partial charge in [0.15, 0.2) is 6.10 Å². The third-order valence-corrected chi connectivity index (χ3v) is 9.83. The van der Waals surface area contributed by atoms with Crippen LogP contribution in [0.25, 0.3) is 0 Å². The van der Waals surface area contributed by atoms with Gasteiger partial charge in [-0.15, -0.1) is 0 Å². The van der Waals surface area contributed by atoms with E-state index in [4.69, 9.17) is 18.5 Å². The van der Waals surface area contributed by atoms with E-state index in [1.807, 2.05) is 69.8 Å². The van der Waals surface area contributed by atoms with E-state index in [-0.39, 0.29) is 19.6 Å². The molecule has 0 aliphatic carbocycles. The molecule has 0 fully saturated rings. The predicted molar refractivity (Wildman–Crippen MR) is 242 cm³/mol. The van der Waals surface area contributed by atoms with Crippen LogP contribution in [0.1, 0.15) is 136 Å². The highest BCUT2D eigenvalue weighted by Gasteiger charge is 2.20. The maximum Gasteiger partial charge on any atom is 0.306 e. The number of phosphoric ester groups is 1. The zero-order valence-corrected chi connectivity index (χ0v) is 38.3. The first-order valence-corrected chi connectivity index (χ1v) is 23.7. The number of carbonyl (C=O) groups is 1. The fourth-order valence-corrected chi connectivity index (χ4v) is 6.08. The molecule has 0 aromatic heterocycles. The number of hydrogen-bond donors (Lipinski definition) is 2. The van der Waals surface area contributed by atoms with Crippen molar-refractivity contribution in [2.24, 2.45) is 0 Å². The fourth-order valence-electron chi connectivity index (χ4n) is 5.35. The van der Waals surface area contributed by atoms with Gasteiger partial charge in [0.05, 0.1) is 46.2 Å². The summed E-state index contributed by atoms with van der Waals surface area (Å²) in [4.78, 5) is 25.0. The van der Waals surface area contributed by atoms with Crippen LogP contribution < -0.4 is 4.89 Å². The molecule has 0 saturated heterocycles. The lowest BCUT2D eigenvalue weighted by molar-refractivity contribution is -0.870. The third kappa shape index (κ3) is 43.1. The molecular formula is C48H82NO9P. The normalized spacial score (nSPS) is 15.7. The Morgan fingerprint density at radius 1 is 0.661 bits per heavy atom. The summed E-state index contributed by atoms with van der Waals surface area (Å²) in [5, 5.41) is 20.0. The van der Waals surface area contributed by atoms with Crippen LogP contribution >= 0.6 is 7.82 Å². The fraction of sp³-hybridized carbons (Fsp3) is 0.646. The summed E-state index contributed by atoms with van der Waals surface area (Å²) in [5.41, 5.74) is 0. The molecule has 0 spiro atoms. The lowest BCUT2D eigenvalue weighted by Gasteiger charge is -2.28. The molecule has 0 aromatic carbocycles. The first-order chi connectivity index (χ1) is 28.4. The highest BCUT2D eigenvalue weighted by molar-refractivity contribution is 7.45. The first kappa shape index (κ1) is 56.2. The number of hydrogen-bond acceptors (Lipinski definition) is 9. The molecule has 0 aromatic rings. The minimum atomic E-state index is -4.60.